The summed E-state index contributed by atoms with van der Waals surface area (Å²) in [6.07, 6.45) is 8.02. The molecule has 2 heterocycles. The summed E-state index contributed by atoms with van der Waals surface area (Å²) in [6.45, 7) is 2.03. The highest BCUT2D eigenvalue weighted by Gasteiger charge is 2.25. The Kier molecular flexibility index (Phi) is 4.29. The van der Waals surface area contributed by atoms with Crippen LogP contribution in [0.25, 0.3) is 0 Å². The molecule has 3 rings (SSSR count). The van der Waals surface area contributed by atoms with Crippen molar-refractivity contribution in [2.45, 2.75) is 45.1 Å². The van der Waals surface area contributed by atoms with Gasteiger partial charge in [-0.1, -0.05) is 6.07 Å². The summed E-state index contributed by atoms with van der Waals surface area (Å²) < 4.78 is 0. The molecule has 5 heteroatoms. The first-order valence-corrected chi connectivity index (χ1v) is 8.18. The molecule has 1 amide bonds. The van der Waals surface area contributed by atoms with E-state index >= 15 is 0 Å². The van der Waals surface area contributed by atoms with Gasteiger partial charge in [0.15, 0.2) is 0 Å². The predicted octanol–water partition coefficient (Wildman–Crippen LogP) is 2.97. The van der Waals surface area contributed by atoms with Crippen molar-refractivity contribution in [3.8, 4) is 0 Å². The predicted molar refractivity (Wildman–Crippen MR) is 83.2 cm³/mol. The van der Waals surface area contributed by atoms with Gasteiger partial charge in [0.25, 0.3) is 0 Å². The van der Waals surface area contributed by atoms with Gasteiger partial charge in [0, 0.05) is 23.7 Å². The third-order valence-corrected chi connectivity index (χ3v) is 4.81. The molecule has 0 spiro atoms. The number of hydrogen-bond acceptors (Lipinski definition) is 4. The van der Waals surface area contributed by atoms with E-state index < -0.39 is 0 Å². The van der Waals surface area contributed by atoms with Gasteiger partial charge in [0.1, 0.15) is 0 Å². The van der Waals surface area contributed by atoms with Crippen LogP contribution in [-0.4, -0.2) is 15.9 Å². The Hall–Kier alpha value is -1.75. The van der Waals surface area contributed by atoms with E-state index in [9.17, 15) is 4.79 Å². The van der Waals surface area contributed by atoms with Gasteiger partial charge in [-0.05, 0) is 44.2 Å². The van der Waals surface area contributed by atoms with Crippen molar-refractivity contribution in [3.63, 3.8) is 0 Å². The van der Waals surface area contributed by atoms with Gasteiger partial charge in [0.05, 0.1) is 16.7 Å². The standard InChI is InChI=1S/C16H19N3OS/c1-11-18-16-13(5-2-6-14(16)21-11)19-15(20)8-7-12-4-3-9-17-10-12/h3-4,9-10,13H,2,5-8H2,1H3,(H,19,20). The van der Waals surface area contributed by atoms with E-state index in [-0.39, 0.29) is 11.9 Å². The van der Waals surface area contributed by atoms with Crippen molar-refractivity contribution < 1.29 is 4.79 Å². The van der Waals surface area contributed by atoms with Gasteiger partial charge < -0.3 is 5.32 Å². The summed E-state index contributed by atoms with van der Waals surface area (Å²) in [6, 6.07) is 4.00. The Morgan fingerprint density at radius 3 is 3.24 bits per heavy atom. The summed E-state index contributed by atoms with van der Waals surface area (Å²) in [7, 11) is 0. The van der Waals surface area contributed by atoms with Gasteiger partial charge in [-0.2, -0.15) is 0 Å². The second-order valence-corrected chi connectivity index (χ2v) is 6.70. The van der Waals surface area contributed by atoms with E-state index in [1.165, 1.54) is 4.88 Å². The smallest absolute Gasteiger partial charge is 0.220 e. The van der Waals surface area contributed by atoms with Crippen LogP contribution in [0.1, 0.15) is 46.4 Å². The van der Waals surface area contributed by atoms with Gasteiger partial charge in [-0.15, -0.1) is 11.3 Å². The fraction of sp³-hybridized carbons (Fsp3) is 0.438. The second kappa shape index (κ2) is 6.35. The summed E-state index contributed by atoms with van der Waals surface area (Å²) in [5, 5.41) is 4.24. The maximum absolute atomic E-state index is 12.1. The first-order chi connectivity index (χ1) is 10.2. The SMILES string of the molecule is Cc1nc2c(s1)CCCC2NC(=O)CCc1cccnc1. The molecule has 0 aromatic carbocycles. The Labute approximate surface area is 128 Å². The van der Waals surface area contributed by atoms with E-state index in [0.717, 1.165) is 41.9 Å². The number of rotatable bonds is 4. The number of amides is 1. The molecule has 110 valence electrons. The van der Waals surface area contributed by atoms with Crippen LogP contribution < -0.4 is 5.32 Å². The lowest BCUT2D eigenvalue weighted by Crippen LogP contribution is -2.31. The molecule has 2 aromatic rings. The first-order valence-electron chi connectivity index (χ1n) is 7.37. The van der Waals surface area contributed by atoms with E-state index in [1.807, 2.05) is 25.3 Å². The Morgan fingerprint density at radius 2 is 2.43 bits per heavy atom. The molecule has 1 unspecified atom stereocenters. The molecule has 0 saturated carbocycles. The van der Waals surface area contributed by atoms with Gasteiger partial charge in [-0.25, -0.2) is 4.98 Å². The van der Waals surface area contributed by atoms with E-state index in [0.29, 0.717) is 6.42 Å². The zero-order valence-corrected chi connectivity index (χ0v) is 12.9. The second-order valence-electron chi connectivity index (χ2n) is 5.41. The van der Waals surface area contributed by atoms with E-state index in [2.05, 4.69) is 15.3 Å². The van der Waals surface area contributed by atoms with Crippen molar-refractivity contribution in [3.05, 3.63) is 45.7 Å². The lowest BCUT2D eigenvalue weighted by Gasteiger charge is -2.22. The number of aryl methyl sites for hydroxylation is 3. The van der Waals surface area contributed by atoms with Crippen LogP contribution in [0.4, 0.5) is 0 Å². The van der Waals surface area contributed by atoms with Crippen LogP contribution in [-0.2, 0) is 17.6 Å². The number of carbonyl (C=O) groups is 1. The molecule has 0 fully saturated rings. The van der Waals surface area contributed by atoms with Crippen molar-refractivity contribution in [2.24, 2.45) is 0 Å². The lowest BCUT2D eigenvalue weighted by molar-refractivity contribution is -0.121. The molecule has 0 aliphatic heterocycles. The molecule has 1 aliphatic rings. The van der Waals surface area contributed by atoms with E-state index in [4.69, 9.17) is 0 Å². The summed E-state index contributed by atoms with van der Waals surface area (Å²) >= 11 is 1.76. The molecule has 21 heavy (non-hydrogen) atoms. The van der Waals surface area contributed by atoms with Crippen molar-refractivity contribution >= 4 is 17.2 Å². The zero-order chi connectivity index (χ0) is 14.7. The quantitative estimate of drug-likeness (QED) is 0.944. The van der Waals surface area contributed by atoms with Gasteiger partial charge in [-0.3, -0.25) is 9.78 Å². The van der Waals surface area contributed by atoms with Crippen LogP contribution in [0.15, 0.2) is 24.5 Å². The highest BCUT2D eigenvalue weighted by molar-refractivity contribution is 7.11. The van der Waals surface area contributed by atoms with Gasteiger partial charge in [0.2, 0.25) is 5.91 Å². The third-order valence-electron chi connectivity index (χ3n) is 3.76. The average Bonchev–Trinajstić information content (AvgIpc) is 2.88. The molecule has 0 bridgehead atoms. The van der Waals surface area contributed by atoms with Crippen molar-refractivity contribution in [1.29, 1.82) is 0 Å². The lowest BCUT2D eigenvalue weighted by atomic mass is 9.97. The maximum Gasteiger partial charge on any atom is 0.220 e. The maximum atomic E-state index is 12.1. The highest BCUT2D eigenvalue weighted by Crippen LogP contribution is 2.32. The minimum atomic E-state index is 0.0973. The molecular formula is C16H19N3OS. The Balaban J connectivity index is 1.58. The van der Waals surface area contributed by atoms with E-state index in [1.54, 1.807) is 17.5 Å². The topological polar surface area (TPSA) is 54.9 Å². The number of nitrogens with one attached hydrogen (secondary N) is 1. The van der Waals surface area contributed by atoms with Crippen LogP contribution in [0.5, 0.6) is 0 Å². The fourth-order valence-corrected chi connectivity index (χ4v) is 3.79. The number of aromatic nitrogens is 2. The van der Waals surface area contributed by atoms with Crippen LogP contribution >= 0.6 is 11.3 Å². The third kappa shape index (κ3) is 3.47. The molecule has 2 aromatic heterocycles. The Bertz CT molecular complexity index is 624. The summed E-state index contributed by atoms with van der Waals surface area (Å²) in [4.78, 5) is 22.2. The average molecular weight is 301 g/mol. The highest BCUT2D eigenvalue weighted by atomic mass is 32.1. The number of nitrogens with zero attached hydrogens (tertiary/aromatic N) is 2. The molecule has 0 radical (unpaired) electrons. The van der Waals surface area contributed by atoms with Gasteiger partial charge >= 0.3 is 0 Å². The fourth-order valence-electron chi connectivity index (χ4n) is 2.75. The molecule has 1 aliphatic carbocycles. The van der Waals surface area contributed by atoms with Crippen molar-refractivity contribution in [1.82, 2.24) is 15.3 Å². The molecule has 1 N–H and O–H groups in total. The molecule has 1 atom stereocenters. The molecule has 0 saturated heterocycles. The number of pyridine rings is 1. The van der Waals surface area contributed by atoms with Crippen LogP contribution in [0.3, 0.4) is 0 Å². The monoisotopic (exact) mass is 301 g/mol. The normalized spacial score (nSPS) is 17.3. The Morgan fingerprint density at radius 1 is 1.52 bits per heavy atom. The van der Waals surface area contributed by atoms with Crippen molar-refractivity contribution in [2.75, 3.05) is 0 Å². The van der Waals surface area contributed by atoms with Crippen LogP contribution in [0, 0.1) is 6.92 Å². The summed E-state index contributed by atoms with van der Waals surface area (Å²) in [5.74, 6) is 0.0994. The minimum absolute atomic E-state index is 0.0973. The number of fused-ring (bicyclic) bond motifs is 1. The first kappa shape index (κ1) is 14.2. The number of thiazole rings is 1. The summed E-state index contributed by atoms with van der Waals surface area (Å²) in [5.41, 5.74) is 2.19. The molecule has 4 nitrogen and oxygen atoms in total. The number of carbonyl (C=O) groups excluding carboxylic acids is 1. The molecular weight excluding hydrogens is 282 g/mol. The largest absolute Gasteiger partial charge is 0.348 e. The number of hydrogen-bond donors (Lipinski definition) is 1. The van der Waals surface area contributed by atoms with Crippen LogP contribution in [0.2, 0.25) is 0 Å². The zero-order valence-electron chi connectivity index (χ0n) is 12.1. The minimum Gasteiger partial charge on any atom is -0.348 e.